The van der Waals surface area contributed by atoms with Crippen molar-refractivity contribution in [3.8, 4) is 17.2 Å². The second kappa shape index (κ2) is 10.0. The fourth-order valence-electron chi connectivity index (χ4n) is 2.30. The first kappa shape index (κ1) is 20.8. The van der Waals surface area contributed by atoms with Crippen molar-refractivity contribution in [2.24, 2.45) is 0 Å². The van der Waals surface area contributed by atoms with Gasteiger partial charge in [-0.2, -0.15) is 0 Å². The molecular formula is C21H23NO6. The van der Waals surface area contributed by atoms with Crippen LogP contribution in [-0.2, 0) is 14.3 Å². The maximum Gasteiger partial charge on any atom is 0.331 e. The number of benzene rings is 2. The van der Waals surface area contributed by atoms with E-state index in [2.05, 4.69) is 5.32 Å². The Labute approximate surface area is 163 Å². The van der Waals surface area contributed by atoms with Gasteiger partial charge < -0.3 is 24.3 Å². The molecule has 2 aromatic rings. The van der Waals surface area contributed by atoms with E-state index in [9.17, 15) is 9.59 Å². The lowest BCUT2D eigenvalue weighted by atomic mass is 10.2. The van der Waals surface area contributed by atoms with Crippen molar-refractivity contribution in [2.45, 2.75) is 13.0 Å². The smallest absolute Gasteiger partial charge is 0.331 e. The fourth-order valence-corrected chi connectivity index (χ4v) is 2.30. The molecule has 0 fully saturated rings. The van der Waals surface area contributed by atoms with Gasteiger partial charge in [-0.3, -0.25) is 4.79 Å². The topological polar surface area (TPSA) is 83.1 Å². The zero-order valence-corrected chi connectivity index (χ0v) is 16.2. The van der Waals surface area contributed by atoms with Crippen molar-refractivity contribution in [1.82, 2.24) is 0 Å². The first-order valence-electron chi connectivity index (χ1n) is 8.52. The Balaban J connectivity index is 1.96. The van der Waals surface area contributed by atoms with Gasteiger partial charge in [-0.1, -0.05) is 6.07 Å². The number of esters is 1. The zero-order valence-electron chi connectivity index (χ0n) is 16.2. The Bertz CT molecular complexity index is 839. The third-order valence-electron chi connectivity index (χ3n) is 3.79. The molecular weight excluding hydrogens is 362 g/mol. The molecule has 1 amide bonds. The Morgan fingerprint density at radius 2 is 1.57 bits per heavy atom. The largest absolute Gasteiger partial charge is 0.497 e. The molecule has 0 saturated carbocycles. The van der Waals surface area contributed by atoms with E-state index in [1.807, 2.05) is 0 Å². The van der Waals surface area contributed by atoms with Gasteiger partial charge in [0.15, 0.2) is 6.10 Å². The van der Waals surface area contributed by atoms with E-state index in [-0.39, 0.29) is 0 Å². The van der Waals surface area contributed by atoms with Gasteiger partial charge in [0, 0.05) is 23.9 Å². The number of hydrogen-bond donors (Lipinski definition) is 1. The number of carbonyl (C=O) groups excluding carboxylic acids is 2. The molecule has 7 nitrogen and oxygen atoms in total. The normalized spacial score (nSPS) is 11.6. The monoisotopic (exact) mass is 385 g/mol. The highest BCUT2D eigenvalue weighted by atomic mass is 16.5. The van der Waals surface area contributed by atoms with Crippen molar-refractivity contribution in [2.75, 3.05) is 26.6 Å². The molecule has 7 heteroatoms. The van der Waals surface area contributed by atoms with E-state index in [1.165, 1.54) is 20.1 Å². The van der Waals surface area contributed by atoms with Crippen LogP contribution in [0, 0.1) is 0 Å². The summed E-state index contributed by atoms with van der Waals surface area (Å²) in [6.45, 7) is 1.50. The number of anilines is 1. The lowest BCUT2D eigenvalue weighted by molar-refractivity contribution is -0.148. The van der Waals surface area contributed by atoms with Crippen LogP contribution in [0.4, 0.5) is 5.69 Å². The zero-order chi connectivity index (χ0) is 20.5. The molecule has 0 heterocycles. The molecule has 0 aliphatic heterocycles. The minimum atomic E-state index is -0.969. The number of methoxy groups -OCH3 is 3. The molecule has 0 saturated heterocycles. The highest BCUT2D eigenvalue weighted by Gasteiger charge is 2.17. The van der Waals surface area contributed by atoms with E-state index in [0.717, 1.165) is 0 Å². The van der Waals surface area contributed by atoms with Gasteiger partial charge >= 0.3 is 5.97 Å². The quantitative estimate of drug-likeness (QED) is 0.555. The molecule has 0 aromatic heterocycles. The summed E-state index contributed by atoms with van der Waals surface area (Å²) < 4.78 is 20.6. The van der Waals surface area contributed by atoms with Crippen LogP contribution in [0.15, 0.2) is 48.5 Å². The minimum absolute atomic E-state index is 0.446. The molecule has 0 unspecified atom stereocenters. The number of nitrogens with one attached hydrogen (secondary N) is 1. The van der Waals surface area contributed by atoms with Gasteiger partial charge in [0.25, 0.3) is 5.91 Å². The molecule has 1 atom stereocenters. The summed E-state index contributed by atoms with van der Waals surface area (Å²) in [5, 5.41) is 2.67. The van der Waals surface area contributed by atoms with Crippen molar-refractivity contribution < 1.29 is 28.5 Å². The number of rotatable bonds is 8. The van der Waals surface area contributed by atoms with Crippen molar-refractivity contribution in [3.05, 3.63) is 54.1 Å². The molecule has 0 bridgehead atoms. The number of carbonyl (C=O) groups is 2. The van der Waals surface area contributed by atoms with Gasteiger partial charge in [-0.15, -0.1) is 0 Å². The van der Waals surface area contributed by atoms with Gasteiger partial charge in [-0.25, -0.2) is 4.79 Å². The molecule has 0 radical (unpaired) electrons. The van der Waals surface area contributed by atoms with Crippen LogP contribution in [0.25, 0.3) is 6.08 Å². The molecule has 2 rings (SSSR count). The first-order valence-corrected chi connectivity index (χ1v) is 8.52. The Morgan fingerprint density at radius 3 is 2.18 bits per heavy atom. The van der Waals surface area contributed by atoms with Crippen LogP contribution in [0.3, 0.4) is 0 Å². The van der Waals surface area contributed by atoms with E-state index >= 15 is 0 Å². The second-order valence-electron chi connectivity index (χ2n) is 5.78. The first-order chi connectivity index (χ1) is 13.4. The van der Waals surface area contributed by atoms with E-state index in [4.69, 9.17) is 18.9 Å². The van der Waals surface area contributed by atoms with Crippen molar-refractivity contribution in [1.29, 1.82) is 0 Å². The van der Waals surface area contributed by atoms with Crippen molar-refractivity contribution >= 4 is 23.6 Å². The van der Waals surface area contributed by atoms with Gasteiger partial charge in [-0.05, 0) is 42.8 Å². The molecule has 0 aliphatic rings. The van der Waals surface area contributed by atoms with Gasteiger partial charge in [0.2, 0.25) is 0 Å². The molecule has 148 valence electrons. The third-order valence-corrected chi connectivity index (χ3v) is 3.79. The molecule has 28 heavy (non-hydrogen) atoms. The van der Waals surface area contributed by atoms with Crippen LogP contribution >= 0.6 is 0 Å². The standard InChI is InChI=1S/C21H23NO6/c1-14(21(24)22-16-6-5-7-17(12-16)25-2)28-20(23)9-8-15-10-18(26-3)13-19(11-15)27-4/h5-14H,1-4H3,(H,22,24)/b9-8+/t14-/m0/s1. The third kappa shape index (κ3) is 6.05. The highest BCUT2D eigenvalue weighted by molar-refractivity contribution is 5.96. The predicted octanol–water partition coefficient (Wildman–Crippen LogP) is 3.30. The maximum atomic E-state index is 12.2. The van der Waals surface area contributed by atoms with E-state index < -0.39 is 18.0 Å². The van der Waals surface area contributed by atoms with E-state index in [1.54, 1.807) is 62.8 Å². The summed E-state index contributed by atoms with van der Waals surface area (Å²) in [5.41, 5.74) is 1.24. The van der Waals surface area contributed by atoms with E-state index in [0.29, 0.717) is 28.5 Å². The van der Waals surface area contributed by atoms with Crippen LogP contribution < -0.4 is 19.5 Å². The van der Waals surface area contributed by atoms with Gasteiger partial charge in [0.1, 0.15) is 17.2 Å². The number of ether oxygens (including phenoxy) is 4. The maximum absolute atomic E-state index is 12.2. The van der Waals surface area contributed by atoms with Crippen molar-refractivity contribution in [3.63, 3.8) is 0 Å². The molecule has 0 spiro atoms. The Hall–Kier alpha value is -3.48. The van der Waals surface area contributed by atoms with Gasteiger partial charge in [0.05, 0.1) is 21.3 Å². The molecule has 2 aromatic carbocycles. The minimum Gasteiger partial charge on any atom is -0.497 e. The van der Waals surface area contributed by atoms with Crippen LogP contribution in [0.2, 0.25) is 0 Å². The molecule has 0 aliphatic carbocycles. The fraction of sp³-hybridized carbons (Fsp3) is 0.238. The average Bonchev–Trinajstić information content (AvgIpc) is 2.71. The number of amides is 1. The lowest BCUT2D eigenvalue weighted by Crippen LogP contribution is -2.29. The summed E-state index contributed by atoms with van der Waals surface area (Å²) in [4.78, 5) is 24.2. The Morgan fingerprint density at radius 1 is 0.929 bits per heavy atom. The summed E-state index contributed by atoms with van der Waals surface area (Å²) in [7, 11) is 4.62. The predicted molar refractivity (Wildman–Crippen MR) is 106 cm³/mol. The SMILES string of the molecule is COc1cccc(NC(=O)[C@H](C)OC(=O)/C=C/c2cc(OC)cc(OC)c2)c1. The second-order valence-corrected chi connectivity index (χ2v) is 5.78. The summed E-state index contributed by atoms with van der Waals surface area (Å²) in [6, 6.07) is 12.1. The summed E-state index contributed by atoms with van der Waals surface area (Å²) in [6.07, 6.45) is 1.83. The highest BCUT2D eigenvalue weighted by Crippen LogP contribution is 2.23. The lowest BCUT2D eigenvalue weighted by Gasteiger charge is -2.13. The number of hydrogen-bond acceptors (Lipinski definition) is 6. The molecule has 1 N–H and O–H groups in total. The van der Waals surface area contributed by atoms with Crippen LogP contribution in [0.1, 0.15) is 12.5 Å². The van der Waals surface area contributed by atoms with Crippen LogP contribution in [-0.4, -0.2) is 39.3 Å². The summed E-state index contributed by atoms with van der Waals surface area (Å²) in [5.74, 6) is 0.712. The van der Waals surface area contributed by atoms with Crippen LogP contribution in [0.5, 0.6) is 17.2 Å². The summed E-state index contributed by atoms with van der Waals surface area (Å²) >= 11 is 0. The average molecular weight is 385 g/mol. The Kier molecular flexibility index (Phi) is 7.45.